The SMILES string of the molecule is CC1CC(N)CN1c1nc2c(cc1F)c(=O)c(C(=O)O)cn2C(C)(C)C.Cl. The van der Waals surface area contributed by atoms with E-state index in [-0.39, 0.29) is 41.3 Å². The molecule has 2 aromatic heterocycles. The maximum Gasteiger partial charge on any atom is 0.341 e. The number of carbonyl (C=O) groups is 1. The second-order valence-corrected chi connectivity index (χ2v) is 7.88. The van der Waals surface area contributed by atoms with E-state index in [0.29, 0.717) is 6.54 Å². The Morgan fingerprint density at radius 2 is 2.04 bits per heavy atom. The third kappa shape index (κ3) is 3.64. The van der Waals surface area contributed by atoms with Gasteiger partial charge >= 0.3 is 5.97 Å². The van der Waals surface area contributed by atoms with Crippen molar-refractivity contribution in [1.82, 2.24) is 9.55 Å². The molecule has 148 valence electrons. The summed E-state index contributed by atoms with van der Waals surface area (Å²) in [5.74, 6) is -1.87. The predicted octanol–water partition coefficient (Wildman–Crippen LogP) is 2.34. The second kappa shape index (κ2) is 7.09. The Balaban J connectivity index is 0.00000261. The molecular weight excluding hydrogens is 375 g/mol. The number of fused-ring (bicyclic) bond motifs is 1. The Hall–Kier alpha value is -2.19. The third-order valence-corrected chi connectivity index (χ3v) is 4.75. The van der Waals surface area contributed by atoms with Crippen molar-refractivity contribution in [3.05, 3.63) is 33.9 Å². The molecule has 3 N–H and O–H groups in total. The van der Waals surface area contributed by atoms with Gasteiger partial charge in [-0.3, -0.25) is 4.79 Å². The minimum atomic E-state index is -1.35. The highest BCUT2D eigenvalue weighted by Crippen LogP contribution is 2.29. The van der Waals surface area contributed by atoms with Gasteiger partial charge in [0.25, 0.3) is 0 Å². The van der Waals surface area contributed by atoms with Crippen molar-refractivity contribution in [2.75, 3.05) is 11.4 Å². The Labute approximate surface area is 162 Å². The molecule has 0 aliphatic carbocycles. The number of carboxylic acid groups (broad SMARTS) is 1. The summed E-state index contributed by atoms with van der Waals surface area (Å²) in [7, 11) is 0. The fourth-order valence-corrected chi connectivity index (χ4v) is 3.45. The number of carboxylic acids is 1. The number of aromatic nitrogens is 2. The van der Waals surface area contributed by atoms with Gasteiger partial charge in [0.1, 0.15) is 11.2 Å². The summed E-state index contributed by atoms with van der Waals surface area (Å²) in [5.41, 5.74) is 4.55. The zero-order chi connectivity index (χ0) is 19.4. The first-order chi connectivity index (χ1) is 12.0. The first-order valence-electron chi connectivity index (χ1n) is 8.52. The molecule has 0 spiro atoms. The van der Waals surface area contributed by atoms with E-state index in [1.807, 2.05) is 27.7 Å². The Morgan fingerprint density at radius 1 is 1.41 bits per heavy atom. The molecule has 2 unspecified atom stereocenters. The lowest BCUT2D eigenvalue weighted by atomic mass is 10.1. The topological polar surface area (TPSA) is 101 Å². The summed E-state index contributed by atoms with van der Waals surface area (Å²) in [5, 5.41) is 9.28. The van der Waals surface area contributed by atoms with Gasteiger partial charge in [-0.05, 0) is 40.2 Å². The second-order valence-electron chi connectivity index (χ2n) is 7.88. The standard InChI is InChI=1S/C18H23FN4O3.ClH/c1-9-5-10(20)7-22(9)16-13(19)6-11-14(24)12(17(25)26)8-23(15(11)21-16)18(2,3)4;/h6,8-10H,5,7,20H2,1-4H3,(H,25,26);1H. The highest BCUT2D eigenvalue weighted by molar-refractivity contribution is 5.92. The Morgan fingerprint density at radius 3 is 2.52 bits per heavy atom. The van der Waals surface area contributed by atoms with Gasteiger partial charge in [0.15, 0.2) is 11.6 Å². The van der Waals surface area contributed by atoms with Crippen LogP contribution < -0.4 is 16.1 Å². The highest BCUT2D eigenvalue weighted by atomic mass is 35.5. The van der Waals surface area contributed by atoms with Crippen molar-refractivity contribution in [1.29, 1.82) is 0 Å². The van der Waals surface area contributed by atoms with Crippen molar-refractivity contribution in [2.45, 2.75) is 51.7 Å². The van der Waals surface area contributed by atoms with Crippen molar-refractivity contribution < 1.29 is 14.3 Å². The maximum absolute atomic E-state index is 14.8. The summed E-state index contributed by atoms with van der Waals surface area (Å²) in [6, 6.07) is 1.05. The van der Waals surface area contributed by atoms with Crippen LogP contribution >= 0.6 is 12.4 Å². The van der Waals surface area contributed by atoms with E-state index in [2.05, 4.69) is 4.98 Å². The van der Waals surface area contributed by atoms with Crippen LogP contribution in [-0.4, -0.2) is 39.3 Å². The molecule has 0 amide bonds. The number of aromatic carboxylic acids is 1. The molecule has 7 nitrogen and oxygen atoms in total. The van der Waals surface area contributed by atoms with E-state index < -0.39 is 28.3 Å². The molecule has 0 bridgehead atoms. The van der Waals surface area contributed by atoms with E-state index in [0.717, 1.165) is 12.5 Å². The minimum absolute atomic E-state index is 0. The van der Waals surface area contributed by atoms with Gasteiger partial charge in [0, 0.05) is 30.4 Å². The van der Waals surface area contributed by atoms with Gasteiger partial charge in [-0.25, -0.2) is 14.2 Å². The number of nitrogens with two attached hydrogens (primary N) is 1. The number of anilines is 1. The van der Waals surface area contributed by atoms with Crippen LogP contribution in [-0.2, 0) is 5.54 Å². The predicted molar refractivity (Wildman–Crippen MR) is 105 cm³/mol. The van der Waals surface area contributed by atoms with Crippen LogP contribution in [0, 0.1) is 5.82 Å². The van der Waals surface area contributed by atoms with Gasteiger partial charge in [-0.15, -0.1) is 12.4 Å². The summed E-state index contributed by atoms with van der Waals surface area (Å²) in [6.07, 6.45) is 2.00. The van der Waals surface area contributed by atoms with Crippen molar-refractivity contribution in [2.24, 2.45) is 5.73 Å². The first-order valence-corrected chi connectivity index (χ1v) is 8.52. The Kier molecular flexibility index (Phi) is 5.54. The van der Waals surface area contributed by atoms with Crippen LogP contribution in [0.2, 0.25) is 0 Å². The number of hydrogen-bond donors (Lipinski definition) is 2. The van der Waals surface area contributed by atoms with Gasteiger partial charge < -0.3 is 20.3 Å². The molecule has 1 aliphatic heterocycles. The van der Waals surface area contributed by atoms with E-state index in [1.165, 1.54) is 6.20 Å². The Bertz CT molecular complexity index is 954. The number of hydrogen-bond acceptors (Lipinski definition) is 5. The molecule has 9 heteroatoms. The van der Waals surface area contributed by atoms with Crippen molar-refractivity contribution >= 4 is 35.2 Å². The van der Waals surface area contributed by atoms with Gasteiger partial charge in [-0.1, -0.05) is 0 Å². The first kappa shape index (κ1) is 21.1. The average molecular weight is 399 g/mol. The lowest BCUT2D eigenvalue weighted by molar-refractivity contribution is 0.0694. The van der Waals surface area contributed by atoms with E-state index in [1.54, 1.807) is 9.47 Å². The molecule has 1 saturated heterocycles. The molecule has 1 aliphatic rings. The normalized spacial score (nSPS) is 20.0. The minimum Gasteiger partial charge on any atom is -0.477 e. The molecule has 0 saturated carbocycles. The monoisotopic (exact) mass is 398 g/mol. The van der Waals surface area contributed by atoms with Gasteiger partial charge in [-0.2, -0.15) is 0 Å². The van der Waals surface area contributed by atoms with Gasteiger partial charge in [0.2, 0.25) is 5.43 Å². The molecule has 27 heavy (non-hydrogen) atoms. The molecule has 0 radical (unpaired) electrons. The van der Waals surface area contributed by atoms with Crippen molar-refractivity contribution in [3.8, 4) is 0 Å². The summed E-state index contributed by atoms with van der Waals surface area (Å²) in [6.45, 7) is 8.01. The lowest BCUT2D eigenvalue weighted by Gasteiger charge is -2.27. The summed E-state index contributed by atoms with van der Waals surface area (Å²) in [4.78, 5) is 30.2. The van der Waals surface area contributed by atoms with Crippen molar-refractivity contribution in [3.63, 3.8) is 0 Å². The lowest BCUT2D eigenvalue weighted by Crippen LogP contribution is -2.32. The average Bonchev–Trinajstić information content (AvgIpc) is 2.84. The quantitative estimate of drug-likeness (QED) is 0.805. The van der Waals surface area contributed by atoms with Crippen LogP contribution in [0.4, 0.5) is 10.2 Å². The summed E-state index contributed by atoms with van der Waals surface area (Å²) >= 11 is 0. The number of pyridine rings is 2. The summed E-state index contributed by atoms with van der Waals surface area (Å²) < 4.78 is 16.4. The van der Waals surface area contributed by atoms with E-state index >= 15 is 0 Å². The third-order valence-electron chi connectivity index (χ3n) is 4.75. The zero-order valence-electron chi connectivity index (χ0n) is 15.7. The van der Waals surface area contributed by atoms with Crippen LogP contribution in [0.1, 0.15) is 44.5 Å². The number of rotatable bonds is 2. The molecule has 2 atom stereocenters. The molecule has 1 fully saturated rings. The molecule has 0 aromatic carbocycles. The van der Waals surface area contributed by atoms with E-state index in [4.69, 9.17) is 5.73 Å². The zero-order valence-corrected chi connectivity index (χ0v) is 16.5. The fourth-order valence-electron chi connectivity index (χ4n) is 3.45. The molecule has 3 rings (SSSR count). The fraction of sp³-hybridized carbons (Fsp3) is 0.500. The molecular formula is C18H24ClFN4O3. The molecule has 3 heterocycles. The maximum atomic E-state index is 14.8. The number of halogens is 2. The van der Waals surface area contributed by atoms with Crippen LogP contribution in [0.15, 0.2) is 17.1 Å². The van der Waals surface area contributed by atoms with Gasteiger partial charge in [0.05, 0.1) is 5.39 Å². The molecule has 2 aromatic rings. The van der Waals surface area contributed by atoms with Crippen LogP contribution in [0.25, 0.3) is 11.0 Å². The largest absolute Gasteiger partial charge is 0.477 e. The number of nitrogens with zero attached hydrogens (tertiary/aromatic N) is 3. The highest BCUT2D eigenvalue weighted by Gasteiger charge is 2.31. The van der Waals surface area contributed by atoms with E-state index in [9.17, 15) is 19.1 Å². The van der Waals surface area contributed by atoms with Crippen LogP contribution in [0.3, 0.4) is 0 Å². The smallest absolute Gasteiger partial charge is 0.341 e. The van der Waals surface area contributed by atoms with Crippen LogP contribution in [0.5, 0.6) is 0 Å².